The minimum Gasteiger partial charge on any atom is -0.495 e. The van der Waals surface area contributed by atoms with Crippen LogP contribution in [-0.2, 0) is 14.3 Å². The van der Waals surface area contributed by atoms with Crippen LogP contribution in [0, 0.1) is 19.8 Å². The first-order valence-corrected chi connectivity index (χ1v) is 9.59. The fraction of sp³-hybridized carbons (Fsp3) is 0.318. The maximum Gasteiger partial charge on any atom is 0.311 e. The predicted octanol–water partition coefficient (Wildman–Crippen LogP) is 3.74. The van der Waals surface area contributed by atoms with E-state index >= 15 is 0 Å². The van der Waals surface area contributed by atoms with Crippen LogP contribution < -0.4 is 9.64 Å². The van der Waals surface area contributed by atoms with E-state index in [1.54, 1.807) is 17.0 Å². The van der Waals surface area contributed by atoms with Crippen LogP contribution in [0.3, 0.4) is 0 Å². The number of hydrogen-bond donors (Lipinski definition) is 0. The minimum absolute atomic E-state index is 0.0643. The van der Waals surface area contributed by atoms with Gasteiger partial charge in [0.15, 0.2) is 12.4 Å². The summed E-state index contributed by atoms with van der Waals surface area (Å²) in [6.07, 6.45) is 0.0643. The topological polar surface area (TPSA) is 72.9 Å². The van der Waals surface area contributed by atoms with Gasteiger partial charge in [-0.15, -0.1) is 0 Å². The highest BCUT2D eigenvalue weighted by Crippen LogP contribution is 2.30. The normalized spacial score (nSPS) is 16.1. The number of methoxy groups -OCH3 is 1. The van der Waals surface area contributed by atoms with Crippen LogP contribution in [-0.4, -0.2) is 37.9 Å². The smallest absolute Gasteiger partial charge is 0.311 e. The third kappa shape index (κ3) is 4.43. The van der Waals surface area contributed by atoms with Gasteiger partial charge in [-0.05, 0) is 49.2 Å². The Hall–Kier alpha value is -2.86. The number of benzene rings is 2. The van der Waals surface area contributed by atoms with E-state index in [-0.39, 0.29) is 24.7 Å². The molecule has 0 saturated carbocycles. The summed E-state index contributed by atoms with van der Waals surface area (Å²) in [7, 11) is 1.48. The van der Waals surface area contributed by atoms with Gasteiger partial charge in [-0.3, -0.25) is 14.4 Å². The molecule has 7 heteroatoms. The largest absolute Gasteiger partial charge is 0.495 e. The molecule has 1 amide bonds. The minimum atomic E-state index is -0.602. The molecule has 0 N–H and O–H groups in total. The lowest BCUT2D eigenvalue weighted by Gasteiger charge is -2.20. The van der Waals surface area contributed by atoms with Crippen LogP contribution in [0.5, 0.6) is 5.75 Å². The number of nitrogens with zero attached hydrogens (tertiary/aromatic N) is 1. The standard InChI is InChI=1S/C22H22ClNO5/c1-13-5-4-6-18(14(13)2)24-11-16(10-21(24)26)22(27)29-12-19(25)15-7-8-20(28-3)17(23)9-15/h4-9,16H,10-12H2,1-3H3/t16-/m1/s1. The molecule has 0 aromatic heterocycles. The van der Waals surface area contributed by atoms with E-state index in [2.05, 4.69) is 0 Å². The first-order chi connectivity index (χ1) is 13.8. The molecule has 1 fully saturated rings. The molecule has 0 spiro atoms. The highest BCUT2D eigenvalue weighted by molar-refractivity contribution is 6.32. The summed E-state index contributed by atoms with van der Waals surface area (Å²) in [5.74, 6) is -1.21. The number of rotatable bonds is 6. The Bertz CT molecular complexity index is 972. The van der Waals surface area contributed by atoms with Gasteiger partial charge in [0.05, 0.1) is 18.1 Å². The number of carbonyl (C=O) groups excluding carboxylic acids is 3. The number of amides is 1. The molecule has 1 heterocycles. The van der Waals surface area contributed by atoms with Gasteiger partial charge in [-0.25, -0.2) is 0 Å². The second kappa shape index (κ2) is 8.66. The van der Waals surface area contributed by atoms with Gasteiger partial charge in [0.1, 0.15) is 5.75 Å². The number of Topliss-reactive ketones (excluding diaryl/α,β-unsaturated/α-hetero) is 1. The van der Waals surface area contributed by atoms with Crippen LogP contribution in [0.25, 0.3) is 0 Å². The zero-order chi connectivity index (χ0) is 21.1. The van der Waals surface area contributed by atoms with Gasteiger partial charge in [0.2, 0.25) is 5.91 Å². The SMILES string of the molecule is COc1ccc(C(=O)COC(=O)[C@@H]2CC(=O)N(c3cccc(C)c3C)C2)cc1Cl. The molecule has 0 unspecified atom stereocenters. The van der Waals surface area contributed by atoms with Crippen molar-refractivity contribution < 1.29 is 23.9 Å². The summed E-state index contributed by atoms with van der Waals surface area (Å²) in [6, 6.07) is 10.3. The molecular weight excluding hydrogens is 394 g/mol. The monoisotopic (exact) mass is 415 g/mol. The predicted molar refractivity (Wildman–Crippen MR) is 110 cm³/mol. The number of carbonyl (C=O) groups is 3. The van der Waals surface area contributed by atoms with Gasteiger partial charge < -0.3 is 14.4 Å². The molecule has 29 heavy (non-hydrogen) atoms. The lowest BCUT2D eigenvalue weighted by atomic mass is 10.1. The van der Waals surface area contributed by atoms with Crippen molar-refractivity contribution in [3.63, 3.8) is 0 Å². The Balaban J connectivity index is 1.61. The molecule has 0 bridgehead atoms. The molecule has 152 valence electrons. The molecule has 0 aliphatic carbocycles. The van der Waals surface area contributed by atoms with Crippen molar-refractivity contribution in [2.45, 2.75) is 20.3 Å². The molecule has 1 aliphatic heterocycles. The first kappa shape index (κ1) is 20.9. The van der Waals surface area contributed by atoms with Gasteiger partial charge in [-0.2, -0.15) is 0 Å². The van der Waals surface area contributed by atoms with Gasteiger partial charge >= 0.3 is 5.97 Å². The summed E-state index contributed by atoms with van der Waals surface area (Å²) in [6.45, 7) is 3.75. The number of aryl methyl sites for hydroxylation is 1. The second-order valence-corrected chi connectivity index (χ2v) is 7.41. The Morgan fingerprint density at radius 2 is 1.97 bits per heavy atom. The summed E-state index contributed by atoms with van der Waals surface area (Å²) in [4.78, 5) is 38.8. The number of anilines is 1. The Kier molecular flexibility index (Phi) is 6.23. The van der Waals surface area contributed by atoms with E-state index in [0.717, 1.165) is 16.8 Å². The average Bonchev–Trinajstić information content (AvgIpc) is 3.09. The van der Waals surface area contributed by atoms with Gasteiger partial charge in [0.25, 0.3) is 0 Å². The van der Waals surface area contributed by atoms with Gasteiger partial charge in [0, 0.05) is 24.2 Å². The maximum absolute atomic E-state index is 12.4. The number of hydrogen-bond acceptors (Lipinski definition) is 5. The molecule has 6 nitrogen and oxygen atoms in total. The highest BCUT2D eigenvalue weighted by Gasteiger charge is 2.37. The van der Waals surface area contributed by atoms with Crippen molar-refractivity contribution >= 4 is 34.9 Å². The molecule has 1 saturated heterocycles. The van der Waals surface area contributed by atoms with Crippen molar-refractivity contribution in [2.75, 3.05) is 25.2 Å². The quantitative estimate of drug-likeness (QED) is 0.530. The zero-order valence-electron chi connectivity index (χ0n) is 16.5. The van der Waals surface area contributed by atoms with Crippen LogP contribution in [0.15, 0.2) is 36.4 Å². The average molecular weight is 416 g/mol. The number of ether oxygens (including phenoxy) is 2. The Labute approximate surface area is 174 Å². The van der Waals surface area contributed by atoms with Crippen molar-refractivity contribution in [2.24, 2.45) is 5.92 Å². The van der Waals surface area contributed by atoms with Gasteiger partial charge in [-0.1, -0.05) is 23.7 Å². The highest BCUT2D eigenvalue weighted by atomic mass is 35.5. The third-order valence-corrected chi connectivity index (χ3v) is 5.44. The van der Waals surface area contributed by atoms with E-state index in [4.69, 9.17) is 21.1 Å². The molecule has 2 aromatic carbocycles. The molecule has 1 atom stereocenters. The van der Waals surface area contributed by atoms with E-state index in [1.807, 2.05) is 32.0 Å². The maximum atomic E-state index is 12.4. The molecule has 0 radical (unpaired) electrons. The van der Waals surface area contributed by atoms with E-state index in [9.17, 15) is 14.4 Å². The van der Waals surface area contributed by atoms with Crippen molar-refractivity contribution in [1.29, 1.82) is 0 Å². The van der Waals surface area contributed by atoms with E-state index in [1.165, 1.54) is 13.2 Å². The van der Waals surface area contributed by atoms with E-state index in [0.29, 0.717) is 16.3 Å². The van der Waals surface area contributed by atoms with Crippen LogP contribution in [0.4, 0.5) is 5.69 Å². The van der Waals surface area contributed by atoms with Crippen LogP contribution in [0.2, 0.25) is 5.02 Å². The summed E-state index contributed by atoms with van der Waals surface area (Å²) in [5, 5.41) is 0.301. The van der Waals surface area contributed by atoms with Crippen molar-refractivity contribution in [3.8, 4) is 5.75 Å². The zero-order valence-corrected chi connectivity index (χ0v) is 17.3. The summed E-state index contributed by atoms with van der Waals surface area (Å²) in [5.41, 5.74) is 3.20. The summed E-state index contributed by atoms with van der Waals surface area (Å²) >= 11 is 6.03. The molecule has 3 rings (SSSR count). The summed E-state index contributed by atoms with van der Waals surface area (Å²) < 4.78 is 10.2. The first-order valence-electron chi connectivity index (χ1n) is 9.21. The fourth-order valence-electron chi connectivity index (χ4n) is 3.30. The fourth-order valence-corrected chi connectivity index (χ4v) is 3.56. The van der Waals surface area contributed by atoms with Crippen molar-refractivity contribution in [1.82, 2.24) is 0 Å². The number of esters is 1. The molecular formula is C22H22ClNO5. The lowest BCUT2D eigenvalue weighted by molar-refractivity contribution is -0.147. The third-order valence-electron chi connectivity index (χ3n) is 5.14. The number of halogens is 1. The van der Waals surface area contributed by atoms with Crippen LogP contribution in [0.1, 0.15) is 27.9 Å². The van der Waals surface area contributed by atoms with Crippen LogP contribution >= 0.6 is 11.6 Å². The van der Waals surface area contributed by atoms with Crippen molar-refractivity contribution in [3.05, 3.63) is 58.1 Å². The molecule has 2 aromatic rings. The lowest BCUT2D eigenvalue weighted by Crippen LogP contribution is -2.27. The Morgan fingerprint density at radius 3 is 2.66 bits per heavy atom. The Morgan fingerprint density at radius 1 is 1.21 bits per heavy atom. The molecule has 1 aliphatic rings. The van der Waals surface area contributed by atoms with E-state index < -0.39 is 18.5 Å². The number of ketones is 1. The second-order valence-electron chi connectivity index (χ2n) is 7.00.